The summed E-state index contributed by atoms with van der Waals surface area (Å²) >= 11 is 0. The first-order valence-corrected chi connectivity index (χ1v) is 4.53. The minimum absolute atomic E-state index is 1.01. The molecule has 3 aliphatic heterocycles. The number of hydrogen-bond donors (Lipinski definition) is 0. The van der Waals surface area contributed by atoms with Crippen LogP contribution < -0.4 is 0 Å². The zero-order chi connectivity index (χ0) is 7.19. The average Bonchev–Trinajstić information content (AvgIpc) is 1.87. The highest BCUT2D eigenvalue weighted by Crippen LogP contribution is 2.35. The van der Waals surface area contributed by atoms with Crippen molar-refractivity contribution in [1.82, 2.24) is 0 Å². The van der Waals surface area contributed by atoms with E-state index in [0.29, 0.717) is 0 Å². The SMILES string of the molecule is C[C@@H]1C[N+]2(C)CCC1CC2. The second kappa shape index (κ2) is 1.97. The largest absolute Gasteiger partial charge is 0.326 e. The summed E-state index contributed by atoms with van der Waals surface area (Å²) in [5, 5.41) is 0. The van der Waals surface area contributed by atoms with Crippen LogP contribution in [0.5, 0.6) is 0 Å². The molecule has 58 valence electrons. The van der Waals surface area contributed by atoms with E-state index in [1.54, 1.807) is 0 Å². The minimum atomic E-state index is 1.01. The maximum atomic E-state index is 2.43. The molecule has 0 aromatic rings. The molecule has 1 heteroatoms. The molecule has 3 saturated heterocycles. The van der Waals surface area contributed by atoms with Crippen molar-refractivity contribution in [1.29, 1.82) is 0 Å². The van der Waals surface area contributed by atoms with Crippen LogP contribution in [0.15, 0.2) is 0 Å². The molecule has 0 N–H and O–H groups in total. The van der Waals surface area contributed by atoms with Crippen molar-refractivity contribution >= 4 is 0 Å². The third-order valence-corrected chi connectivity index (χ3v) is 3.61. The van der Waals surface area contributed by atoms with Gasteiger partial charge in [-0.15, -0.1) is 0 Å². The van der Waals surface area contributed by atoms with Crippen molar-refractivity contribution in [3.05, 3.63) is 0 Å². The fourth-order valence-electron chi connectivity index (χ4n) is 2.81. The number of fused-ring (bicyclic) bond motifs is 3. The normalized spacial score (nSPS) is 53.4. The Morgan fingerprint density at radius 1 is 1.20 bits per heavy atom. The Hall–Kier alpha value is -0.0400. The van der Waals surface area contributed by atoms with Gasteiger partial charge in [0.05, 0.1) is 26.7 Å². The van der Waals surface area contributed by atoms with Gasteiger partial charge in [0.1, 0.15) is 0 Å². The van der Waals surface area contributed by atoms with Gasteiger partial charge in [-0.05, 0) is 5.92 Å². The Balaban J connectivity index is 2.14. The number of hydrogen-bond acceptors (Lipinski definition) is 0. The van der Waals surface area contributed by atoms with Crippen LogP contribution in [0.2, 0.25) is 0 Å². The molecule has 10 heavy (non-hydrogen) atoms. The van der Waals surface area contributed by atoms with E-state index in [1.807, 2.05) is 0 Å². The molecule has 0 radical (unpaired) electrons. The molecule has 0 aromatic carbocycles. The second-order valence-corrected chi connectivity index (χ2v) is 4.56. The van der Waals surface area contributed by atoms with E-state index in [2.05, 4.69) is 14.0 Å². The van der Waals surface area contributed by atoms with E-state index in [-0.39, 0.29) is 0 Å². The van der Waals surface area contributed by atoms with E-state index in [1.165, 1.54) is 37.0 Å². The van der Waals surface area contributed by atoms with Gasteiger partial charge in [0, 0.05) is 18.8 Å². The highest BCUT2D eigenvalue weighted by molar-refractivity contribution is 4.75. The van der Waals surface area contributed by atoms with E-state index in [0.717, 1.165) is 11.8 Å². The van der Waals surface area contributed by atoms with Gasteiger partial charge in [-0.2, -0.15) is 0 Å². The maximum Gasteiger partial charge on any atom is 0.0813 e. The summed E-state index contributed by atoms with van der Waals surface area (Å²) in [5.74, 6) is 2.09. The molecule has 1 nitrogen and oxygen atoms in total. The highest BCUT2D eigenvalue weighted by atomic mass is 15.3. The van der Waals surface area contributed by atoms with Gasteiger partial charge in [0.2, 0.25) is 0 Å². The maximum absolute atomic E-state index is 2.43. The third-order valence-electron chi connectivity index (χ3n) is 3.61. The standard InChI is InChI=1S/C9H18N/c1-8-7-10(2)5-3-9(8)4-6-10/h8-9H,3-7H2,1-2H3/q+1/t8-,9?,10?/m1/s1. The number of quaternary nitrogens is 1. The van der Waals surface area contributed by atoms with Crippen LogP contribution in [0.1, 0.15) is 19.8 Å². The molecule has 2 bridgehead atoms. The molecule has 0 saturated carbocycles. The van der Waals surface area contributed by atoms with Gasteiger partial charge in [0.15, 0.2) is 0 Å². The van der Waals surface area contributed by atoms with Crippen LogP contribution in [-0.2, 0) is 0 Å². The predicted molar refractivity (Wildman–Crippen MR) is 42.7 cm³/mol. The Morgan fingerprint density at radius 3 is 2.10 bits per heavy atom. The molecule has 0 aromatic heterocycles. The average molecular weight is 140 g/mol. The number of nitrogens with zero attached hydrogens (tertiary/aromatic N) is 1. The summed E-state index contributed by atoms with van der Waals surface area (Å²) in [6.07, 6.45) is 3.00. The lowest BCUT2D eigenvalue weighted by molar-refractivity contribution is -0.928. The third kappa shape index (κ3) is 0.878. The van der Waals surface area contributed by atoms with Crippen molar-refractivity contribution in [2.45, 2.75) is 19.8 Å². The Labute approximate surface area is 63.6 Å². The molecule has 3 rings (SSSR count). The lowest BCUT2D eigenvalue weighted by atomic mass is 9.79. The molecular formula is C9H18N+. The van der Waals surface area contributed by atoms with Crippen LogP contribution in [0, 0.1) is 11.8 Å². The zero-order valence-corrected chi connectivity index (χ0v) is 7.14. The van der Waals surface area contributed by atoms with Crippen LogP contribution in [0.3, 0.4) is 0 Å². The Morgan fingerprint density at radius 2 is 1.80 bits per heavy atom. The summed E-state index contributed by atoms with van der Waals surface area (Å²) < 4.78 is 1.37. The molecule has 1 atom stereocenters. The number of piperidine rings is 3. The molecule has 0 aliphatic carbocycles. The molecule has 3 fully saturated rings. The summed E-state index contributed by atoms with van der Waals surface area (Å²) in [7, 11) is 2.42. The summed E-state index contributed by atoms with van der Waals surface area (Å²) in [4.78, 5) is 0. The van der Waals surface area contributed by atoms with Crippen molar-refractivity contribution in [3.8, 4) is 0 Å². The van der Waals surface area contributed by atoms with Crippen molar-refractivity contribution in [2.24, 2.45) is 11.8 Å². The van der Waals surface area contributed by atoms with Gasteiger partial charge in [-0.1, -0.05) is 6.92 Å². The number of rotatable bonds is 0. The molecule has 3 aliphatic rings. The first-order valence-electron chi connectivity index (χ1n) is 4.53. The first kappa shape index (κ1) is 6.66. The van der Waals surface area contributed by atoms with Crippen LogP contribution in [0.25, 0.3) is 0 Å². The van der Waals surface area contributed by atoms with Crippen molar-refractivity contribution in [3.63, 3.8) is 0 Å². The van der Waals surface area contributed by atoms with Gasteiger partial charge < -0.3 is 4.48 Å². The first-order chi connectivity index (χ1) is 4.70. The topological polar surface area (TPSA) is 0 Å². The van der Waals surface area contributed by atoms with Crippen LogP contribution >= 0.6 is 0 Å². The van der Waals surface area contributed by atoms with Gasteiger partial charge >= 0.3 is 0 Å². The predicted octanol–water partition coefficient (Wildman–Crippen LogP) is 1.49. The fraction of sp³-hybridized carbons (Fsp3) is 1.00. The van der Waals surface area contributed by atoms with Crippen LogP contribution in [-0.4, -0.2) is 31.2 Å². The Kier molecular flexibility index (Phi) is 1.31. The Bertz CT molecular complexity index is 134. The van der Waals surface area contributed by atoms with Crippen molar-refractivity contribution in [2.75, 3.05) is 26.7 Å². The van der Waals surface area contributed by atoms with E-state index >= 15 is 0 Å². The van der Waals surface area contributed by atoms with E-state index < -0.39 is 0 Å². The molecule has 0 amide bonds. The summed E-state index contributed by atoms with van der Waals surface area (Å²) in [6, 6.07) is 0. The monoisotopic (exact) mass is 140 g/mol. The fourth-order valence-corrected chi connectivity index (χ4v) is 2.81. The quantitative estimate of drug-likeness (QED) is 0.447. The summed E-state index contributed by atoms with van der Waals surface area (Å²) in [5.41, 5.74) is 0. The van der Waals surface area contributed by atoms with Gasteiger partial charge in [-0.3, -0.25) is 0 Å². The van der Waals surface area contributed by atoms with Crippen molar-refractivity contribution < 1.29 is 4.48 Å². The zero-order valence-electron chi connectivity index (χ0n) is 7.14. The summed E-state index contributed by atoms with van der Waals surface area (Å²) in [6.45, 7) is 6.79. The van der Waals surface area contributed by atoms with Gasteiger partial charge in [-0.25, -0.2) is 0 Å². The lowest BCUT2D eigenvalue weighted by Crippen LogP contribution is -2.58. The molecule has 3 heterocycles. The molecule has 0 unspecified atom stereocenters. The van der Waals surface area contributed by atoms with E-state index in [9.17, 15) is 0 Å². The smallest absolute Gasteiger partial charge is 0.0813 e. The second-order valence-electron chi connectivity index (χ2n) is 4.56. The lowest BCUT2D eigenvalue weighted by Gasteiger charge is -2.49. The van der Waals surface area contributed by atoms with Gasteiger partial charge in [0.25, 0.3) is 0 Å². The highest BCUT2D eigenvalue weighted by Gasteiger charge is 2.40. The molecular weight excluding hydrogens is 122 g/mol. The van der Waals surface area contributed by atoms with E-state index in [4.69, 9.17) is 0 Å². The minimum Gasteiger partial charge on any atom is -0.326 e. The molecule has 0 spiro atoms. The van der Waals surface area contributed by atoms with Crippen LogP contribution in [0.4, 0.5) is 0 Å².